The summed E-state index contributed by atoms with van der Waals surface area (Å²) >= 11 is 0. The van der Waals surface area contributed by atoms with Crippen molar-refractivity contribution < 1.29 is 28.2 Å². The van der Waals surface area contributed by atoms with Gasteiger partial charge in [-0.1, -0.05) is 12.1 Å². The average molecular weight is 588 g/mol. The molecule has 2 fully saturated rings. The third-order valence-electron chi connectivity index (χ3n) is 8.26. The second-order valence-electron chi connectivity index (χ2n) is 11.0. The number of pyridine rings is 1. The molecular weight excluding hydrogens is 553 g/mol. The molecule has 0 radical (unpaired) electrons. The van der Waals surface area contributed by atoms with Crippen LogP contribution in [0.25, 0.3) is 11.0 Å². The van der Waals surface area contributed by atoms with Crippen LogP contribution >= 0.6 is 0 Å². The topological polar surface area (TPSA) is 122 Å². The fourth-order valence-corrected chi connectivity index (χ4v) is 5.67. The summed E-state index contributed by atoms with van der Waals surface area (Å²) in [6.07, 6.45) is 3.01. The summed E-state index contributed by atoms with van der Waals surface area (Å²) in [5, 5.41) is 0. The number of carbonyl (C=O) groups is 2. The number of benzene rings is 2. The molecule has 0 spiro atoms. The van der Waals surface area contributed by atoms with Gasteiger partial charge in [0.25, 0.3) is 0 Å². The number of nitrogens with zero attached hydrogens (tertiary/aromatic N) is 4. The predicted molar refractivity (Wildman–Crippen MR) is 156 cm³/mol. The minimum absolute atomic E-state index is 0.00616. The number of ether oxygens (including phenoxy) is 3. The first-order valence-corrected chi connectivity index (χ1v) is 14.5. The number of halogens is 1. The van der Waals surface area contributed by atoms with Crippen LogP contribution in [0.3, 0.4) is 0 Å². The summed E-state index contributed by atoms with van der Waals surface area (Å²) < 4.78 is 33.0. The Morgan fingerprint density at radius 3 is 2.53 bits per heavy atom. The number of aromatic nitrogens is 3. The van der Waals surface area contributed by atoms with Gasteiger partial charge in [-0.2, -0.15) is 0 Å². The van der Waals surface area contributed by atoms with Crippen LogP contribution in [-0.2, 0) is 29.2 Å². The molecule has 2 aromatic heterocycles. The number of hydrogen-bond acceptors (Lipinski definition) is 8. The molecule has 2 aliphatic rings. The maximum atomic E-state index is 14.4. The lowest BCUT2D eigenvalue weighted by Gasteiger charge is -2.32. The summed E-state index contributed by atoms with van der Waals surface area (Å²) in [7, 11) is 1.38. The second kappa shape index (κ2) is 12.5. The minimum atomic E-state index is -0.678. The van der Waals surface area contributed by atoms with Gasteiger partial charge < -0.3 is 24.5 Å². The van der Waals surface area contributed by atoms with Gasteiger partial charge in [0, 0.05) is 35.4 Å². The third kappa shape index (κ3) is 6.37. The predicted octanol–water partition coefficient (Wildman–Crippen LogP) is 4.20. The van der Waals surface area contributed by atoms with Gasteiger partial charge in [-0.25, -0.2) is 19.2 Å². The van der Waals surface area contributed by atoms with E-state index in [1.54, 1.807) is 12.1 Å². The normalized spacial score (nSPS) is 17.5. The Kier molecular flexibility index (Phi) is 8.35. The number of methoxy groups -OCH3 is 1. The highest BCUT2D eigenvalue weighted by Gasteiger charge is 2.26. The first kappa shape index (κ1) is 28.8. The Bertz CT molecular complexity index is 1640. The first-order valence-electron chi connectivity index (χ1n) is 14.5. The summed E-state index contributed by atoms with van der Waals surface area (Å²) in [6, 6.07) is 15.3. The van der Waals surface area contributed by atoms with Crippen LogP contribution in [0.2, 0.25) is 0 Å². The highest BCUT2D eigenvalue weighted by Crippen LogP contribution is 2.30. The van der Waals surface area contributed by atoms with Crippen LogP contribution in [0.4, 0.5) is 4.39 Å². The molecule has 1 amide bonds. The molecule has 6 rings (SSSR count). The summed E-state index contributed by atoms with van der Waals surface area (Å²) in [4.78, 5) is 35.5. The summed E-state index contributed by atoms with van der Waals surface area (Å²) in [6.45, 7) is 3.92. The number of amides is 1. The van der Waals surface area contributed by atoms with Crippen LogP contribution in [0, 0.1) is 5.82 Å². The Morgan fingerprint density at radius 2 is 1.84 bits per heavy atom. The Morgan fingerprint density at radius 1 is 1.05 bits per heavy atom. The number of piperidine rings is 1. The lowest BCUT2D eigenvalue weighted by Crippen LogP contribution is -2.35. The zero-order valence-electron chi connectivity index (χ0n) is 24.0. The maximum Gasteiger partial charge on any atom is 0.337 e. The highest BCUT2D eigenvalue weighted by atomic mass is 19.1. The monoisotopic (exact) mass is 587 g/mol. The number of primary amides is 1. The molecule has 0 aliphatic carbocycles. The van der Waals surface area contributed by atoms with Gasteiger partial charge in [-0.3, -0.25) is 9.69 Å². The van der Waals surface area contributed by atoms with Gasteiger partial charge in [-0.15, -0.1) is 0 Å². The van der Waals surface area contributed by atoms with E-state index < -0.39 is 11.7 Å². The number of likely N-dealkylation sites (tertiary alicyclic amines) is 1. The fraction of sp³-hybridized carbons (Fsp3) is 0.375. The molecule has 4 aromatic rings. The largest absolute Gasteiger partial charge is 0.473 e. The standard InChI is InChI=1S/C32H34FN5O5/c1-41-32(40)22-7-8-27-28(16-22)38(17-24-11-14-42-24)29(35-27)18-37-12-9-20(10-13-37)26-3-2-4-30(36-26)43-19-23-6-5-21(31(34)39)15-25(23)33/h2-8,15-16,20,24H,9-14,17-19H2,1H3,(H2,34,39)/t24-/m0/s1. The Balaban J connectivity index is 1.10. The van der Waals surface area contributed by atoms with Crippen molar-refractivity contribution in [3.63, 3.8) is 0 Å². The lowest BCUT2D eigenvalue weighted by molar-refractivity contribution is -0.0592. The van der Waals surface area contributed by atoms with Crippen molar-refractivity contribution in [2.45, 2.75) is 51.0 Å². The van der Waals surface area contributed by atoms with Crippen LogP contribution < -0.4 is 10.5 Å². The lowest BCUT2D eigenvalue weighted by atomic mass is 9.93. The zero-order valence-corrected chi connectivity index (χ0v) is 24.0. The van der Waals surface area contributed by atoms with E-state index in [9.17, 15) is 14.0 Å². The van der Waals surface area contributed by atoms with Gasteiger partial charge in [-0.05, 0) is 68.8 Å². The number of fused-ring (bicyclic) bond motifs is 1. The summed E-state index contributed by atoms with van der Waals surface area (Å²) in [5.74, 6) is 0.0657. The Labute approximate surface area is 248 Å². The van der Waals surface area contributed by atoms with E-state index in [-0.39, 0.29) is 30.2 Å². The van der Waals surface area contributed by atoms with Gasteiger partial charge in [0.15, 0.2) is 0 Å². The van der Waals surface area contributed by atoms with E-state index in [1.807, 2.05) is 24.3 Å². The molecule has 4 heterocycles. The molecule has 0 unspecified atom stereocenters. The van der Waals surface area contributed by atoms with E-state index in [0.29, 0.717) is 30.1 Å². The SMILES string of the molecule is COC(=O)c1ccc2nc(CN3CCC(c4cccc(OCc5ccc(C(N)=O)cc5F)n4)CC3)n(C[C@@H]3CCO3)c2c1. The molecule has 2 N–H and O–H groups in total. The molecule has 2 aromatic carbocycles. The number of esters is 1. The van der Waals surface area contributed by atoms with E-state index in [2.05, 4.69) is 9.47 Å². The van der Waals surface area contributed by atoms with E-state index in [0.717, 1.165) is 67.6 Å². The van der Waals surface area contributed by atoms with Crippen molar-refractivity contribution in [3.8, 4) is 5.88 Å². The van der Waals surface area contributed by atoms with E-state index in [4.69, 9.17) is 29.9 Å². The molecule has 43 heavy (non-hydrogen) atoms. The molecule has 1 atom stereocenters. The molecule has 0 bridgehead atoms. The highest BCUT2D eigenvalue weighted by molar-refractivity contribution is 5.94. The molecule has 10 nitrogen and oxygen atoms in total. The van der Waals surface area contributed by atoms with E-state index in [1.165, 1.54) is 19.2 Å². The van der Waals surface area contributed by atoms with Gasteiger partial charge >= 0.3 is 5.97 Å². The molecule has 11 heteroatoms. The fourth-order valence-electron chi connectivity index (χ4n) is 5.67. The number of imidazole rings is 1. The van der Waals surface area contributed by atoms with E-state index >= 15 is 0 Å². The van der Waals surface area contributed by atoms with Gasteiger partial charge in [0.1, 0.15) is 18.2 Å². The number of rotatable bonds is 10. The molecule has 224 valence electrons. The van der Waals surface area contributed by atoms with Crippen LogP contribution in [0.1, 0.15) is 63.0 Å². The molecule has 0 saturated carbocycles. The number of hydrogen-bond donors (Lipinski definition) is 1. The molecule has 2 saturated heterocycles. The van der Waals surface area contributed by atoms with Crippen LogP contribution in [0.5, 0.6) is 5.88 Å². The van der Waals surface area contributed by atoms with Crippen LogP contribution in [0.15, 0.2) is 54.6 Å². The number of carbonyl (C=O) groups excluding carboxylic acids is 2. The maximum absolute atomic E-state index is 14.4. The molecule has 2 aliphatic heterocycles. The van der Waals surface area contributed by atoms with Crippen molar-refractivity contribution in [3.05, 3.63) is 88.6 Å². The van der Waals surface area contributed by atoms with Crippen LogP contribution in [-0.4, -0.2) is 64.2 Å². The quantitative estimate of drug-likeness (QED) is 0.274. The average Bonchev–Trinajstić information content (AvgIpc) is 3.34. The Hall–Kier alpha value is -4.35. The van der Waals surface area contributed by atoms with Crippen molar-refractivity contribution in [1.82, 2.24) is 19.4 Å². The second-order valence-corrected chi connectivity index (χ2v) is 11.0. The molecular formula is C32H34FN5O5. The van der Waals surface area contributed by atoms with Crippen molar-refractivity contribution >= 4 is 22.9 Å². The van der Waals surface area contributed by atoms with Crippen molar-refractivity contribution in [2.24, 2.45) is 5.73 Å². The van der Waals surface area contributed by atoms with Crippen molar-refractivity contribution in [2.75, 3.05) is 26.8 Å². The van der Waals surface area contributed by atoms with Crippen molar-refractivity contribution in [1.29, 1.82) is 0 Å². The van der Waals surface area contributed by atoms with Gasteiger partial charge in [0.2, 0.25) is 11.8 Å². The number of nitrogens with two attached hydrogens (primary N) is 1. The summed E-state index contributed by atoms with van der Waals surface area (Å²) in [5.41, 5.74) is 8.87. The van der Waals surface area contributed by atoms with Gasteiger partial charge in [0.05, 0.1) is 42.9 Å². The minimum Gasteiger partial charge on any atom is -0.473 e. The smallest absolute Gasteiger partial charge is 0.337 e. The third-order valence-corrected chi connectivity index (χ3v) is 8.26. The zero-order chi connectivity index (χ0) is 29.9. The first-order chi connectivity index (χ1) is 20.9.